The fraction of sp³-hybridized carbons (Fsp3) is 0.667. The molecule has 45 heavy (non-hydrogen) atoms. The van der Waals surface area contributed by atoms with Gasteiger partial charge in [-0.05, 0) is 48.5 Å². The molecule has 7 unspecified atom stereocenters. The van der Waals surface area contributed by atoms with E-state index < -0.39 is 84.5 Å². The van der Waals surface area contributed by atoms with E-state index in [1.165, 1.54) is 48.5 Å². The highest BCUT2D eigenvalue weighted by atomic mass is 16.4. The maximum absolute atomic E-state index is 9.45. The molecule has 276 valence electrons. The van der Waals surface area contributed by atoms with Gasteiger partial charge in [-0.15, -0.1) is 0 Å². The van der Waals surface area contributed by atoms with Gasteiger partial charge in [0, 0.05) is 0 Å². The monoisotopic (exact) mass is 681 g/mol. The Bertz CT molecular complexity index is 592. The van der Waals surface area contributed by atoms with Gasteiger partial charge in [0.25, 0.3) is 0 Å². The van der Waals surface area contributed by atoms with Crippen molar-refractivity contribution in [3.63, 3.8) is 0 Å². The van der Waals surface area contributed by atoms with Gasteiger partial charge in [0.2, 0.25) is 0 Å². The van der Waals surface area contributed by atoms with Crippen molar-refractivity contribution in [3.05, 3.63) is 0 Å². The highest BCUT2D eigenvalue weighted by Crippen LogP contribution is 1.76. The van der Waals surface area contributed by atoms with E-state index in [4.69, 9.17) is 71.5 Å². The molecule has 0 aromatic carbocycles. The Balaban J connectivity index is -0.0000000393. The molecule has 0 bridgehead atoms. The molecule has 0 aromatic rings. The third-order valence-corrected chi connectivity index (χ3v) is 2.50. The summed E-state index contributed by atoms with van der Waals surface area (Å²) in [6.07, 6.45) is -8.62. The molecule has 0 radical (unpaired) electrons. The molecule has 23 N–H and O–H groups in total. The molecule has 0 amide bonds. The van der Waals surface area contributed by atoms with Crippen LogP contribution in [0.1, 0.15) is 48.5 Å². The van der Waals surface area contributed by atoms with Gasteiger partial charge < -0.3 is 89.9 Å². The maximum atomic E-state index is 9.45. The Labute approximate surface area is 257 Å². The number of carboxylic acids is 7. The van der Waals surface area contributed by atoms with E-state index in [1.807, 2.05) is 0 Å². The van der Waals surface area contributed by atoms with E-state index in [9.17, 15) is 33.6 Å². The van der Waals surface area contributed by atoms with Crippen LogP contribution in [-0.2, 0) is 33.6 Å². The van der Waals surface area contributed by atoms with E-state index in [-0.39, 0.29) is 18.5 Å². The number of aliphatic hydroxyl groups is 7. The lowest BCUT2D eigenvalue weighted by atomic mass is 10.4. The van der Waals surface area contributed by atoms with Gasteiger partial charge in [-0.2, -0.15) is 0 Å². The summed E-state index contributed by atoms with van der Waals surface area (Å²) >= 11 is 0. The van der Waals surface area contributed by atoms with Crippen LogP contribution in [0, 0.1) is 0 Å². The van der Waals surface area contributed by atoms with Gasteiger partial charge >= 0.3 is 41.8 Å². The molecule has 0 aliphatic carbocycles. The predicted molar refractivity (Wildman–Crippen MR) is 150 cm³/mol. The molecule has 24 nitrogen and oxygen atoms in total. The first-order valence-corrected chi connectivity index (χ1v) is 10.9. The molecule has 0 aromatic heterocycles. The van der Waals surface area contributed by atoms with Crippen LogP contribution >= 0.6 is 0 Å². The van der Waals surface area contributed by atoms with Crippen molar-refractivity contribution >= 4 is 41.8 Å². The molecule has 0 aliphatic rings. The van der Waals surface area contributed by atoms with Crippen LogP contribution in [0.25, 0.3) is 0 Å². The second kappa shape index (κ2) is 42.0. The van der Waals surface area contributed by atoms with Gasteiger partial charge in [-0.25, -0.2) is 33.6 Å². The summed E-state index contributed by atoms with van der Waals surface area (Å²) in [5, 5.41) is 110. The van der Waals surface area contributed by atoms with Crippen molar-refractivity contribution in [3.8, 4) is 0 Å². The molecule has 7 atom stereocenters. The van der Waals surface area contributed by atoms with Crippen LogP contribution in [0.2, 0.25) is 0 Å². The lowest BCUT2D eigenvalue weighted by Gasteiger charge is -1.89. The second-order valence-corrected chi connectivity index (χ2v) is 7.10. The lowest BCUT2D eigenvalue weighted by molar-refractivity contribution is -0.146. The zero-order valence-corrected chi connectivity index (χ0v) is 25.8. The zero-order valence-electron chi connectivity index (χ0n) is 25.8. The molecular formula is C21H51N3O21. The number of aliphatic carboxylic acids is 7. The van der Waals surface area contributed by atoms with E-state index in [0.29, 0.717) is 0 Å². The van der Waals surface area contributed by atoms with Crippen molar-refractivity contribution in [1.82, 2.24) is 18.5 Å². The smallest absolute Gasteiger partial charge is 0.332 e. The van der Waals surface area contributed by atoms with Gasteiger partial charge in [-0.1, -0.05) is 0 Å². The van der Waals surface area contributed by atoms with Crippen LogP contribution in [0.4, 0.5) is 0 Å². The Kier molecular flexibility index (Phi) is 63.7. The van der Waals surface area contributed by atoms with Crippen LogP contribution in [-0.4, -0.2) is 156 Å². The minimum Gasteiger partial charge on any atom is -0.479 e. The molecule has 24 heteroatoms. The Morgan fingerprint density at radius 3 is 0.289 bits per heavy atom. The van der Waals surface area contributed by atoms with E-state index in [0.717, 1.165) is 0 Å². The predicted octanol–water partition coefficient (Wildman–Crippen LogP) is -3.35. The summed E-state index contributed by atoms with van der Waals surface area (Å²) < 4.78 is 0. The van der Waals surface area contributed by atoms with Crippen molar-refractivity contribution in [2.45, 2.75) is 91.2 Å². The first kappa shape index (κ1) is 68.2. The molecule has 0 aliphatic heterocycles. The summed E-state index contributed by atoms with van der Waals surface area (Å²) in [6.45, 7) is 8.38. The molecule has 0 saturated heterocycles. The fourth-order valence-electron chi connectivity index (χ4n) is 0. The van der Waals surface area contributed by atoms with Crippen molar-refractivity contribution in [2.75, 3.05) is 0 Å². The summed E-state index contributed by atoms with van der Waals surface area (Å²) in [5.74, 6) is -8.30. The molecular weight excluding hydrogens is 630 g/mol. The minimum absolute atomic E-state index is 0. The normalized spacial score (nSPS) is 12.8. The largest absolute Gasteiger partial charge is 0.479 e. The van der Waals surface area contributed by atoms with Gasteiger partial charge in [0.05, 0.1) is 0 Å². The number of hydrogen-bond donors (Lipinski definition) is 17. The van der Waals surface area contributed by atoms with Crippen LogP contribution in [0.15, 0.2) is 0 Å². The third-order valence-electron chi connectivity index (χ3n) is 2.50. The standard InChI is InChI=1S/7C3H6O3.3H3N/c7*1-2(4)3(5)6;;;/h7*2,4H,1H3,(H,5,6);3*1H3. The molecule has 0 heterocycles. The third kappa shape index (κ3) is 100. The molecule has 0 saturated carbocycles. The van der Waals surface area contributed by atoms with E-state index in [1.54, 1.807) is 0 Å². The Morgan fingerprint density at radius 1 is 0.267 bits per heavy atom. The van der Waals surface area contributed by atoms with Gasteiger partial charge in [0.1, 0.15) is 42.7 Å². The number of aliphatic hydroxyl groups excluding tert-OH is 7. The quantitative estimate of drug-likeness (QED) is 0.125. The number of rotatable bonds is 7. The maximum Gasteiger partial charge on any atom is 0.332 e. The Hall–Kier alpha value is -4.11. The number of carboxylic acid groups (broad SMARTS) is 7. The van der Waals surface area contributed by atoms with Crippen molar-refractivity contribution in [1.29, 1.82) is 0 Å². The summed E-state index contributed by atoms with van der Waals surface area (Å²) in [5.41, 5.74) is 0. The minimum atomic E-state index is -1.23. The first-order valence-electron chi connectivity index (χ1n) is 10.9. The summed E-state index contributed by atoms with van der Waals surface area (Å²) in [7, 11) is 0. The van der Waals surface area contributed by atoms with Gasteiger partial charge in [0.15, 0.2) is 0 Å². The first-order chi connectivity index (χ1) is 18.5. The van der Waals surface area contributed by atoms with Crippen molar-refractivity contribution in [2.24, 2.45) is 0 Å². The molecule has 0 spiro atoms. The van der Waals surface area contributed by atoms with E-state index in [2.05, 4.69) is 0 Å². The van der Waals surface area contributed by atoms with Crippen LogP contribution < -0.4 is 18.5 Å². The van der Waals surface area contributed by atoms with Gasteiger partial charge in [-0.3, -0.25) is 0 Å². The second-order valence-electron chi connectivity index (χ2n) is 7.10. The lowest BCUT2D eigenvalue weighted by Crippen LogP contribution is -2.13. The van der Waals surface area contributed by atoms with E-state index >= 15 is 0 Å². The number of carbonyl (C=O) groups is 7. The van der Waals surface area contributed by atoms with Crippen molar-refractivity contribution < 1.29 is 105 Å². The number of hydrogen-bond acceptors (Lipinski definition) is 17. The topological polar surface area (TPSA) is 508 Å². The van der Waals surface area contributed by atoms with Crippen LogP contribution in [0.3, 0.4) is 0 Å². The van der Waals surface area contributed by atoms with Crippen LogP contribution in [0.5, 0.6) is 0 Å². The Morgan fingerprint density at radius 2 is 0.289 bits per heavy atom. The summed E-state index contributed by atoms with van der Waals surface area (Å²) in [6, 6.07) is 0. The SMILES string of the molecule is CC(O)C(=O)O.CC(O)C(=O)O.CC(O)C(=O)O.CC(O)C(=O)O.CC(O)C(=O)O.CC(O)C(=O)O.CC(O)C(=O)O.N.N.N. The molecule has 0 rings (SSSR count). The average Bonchev–Trinajstić information content (AvgIpc) is 2.80. The highest BCUT2D eigenvalue weighted by Gasteiger charge is 2.04. The molecule has 0 fully saturated rings. The highest BCUT2D eigenvalue weighted by molar-refractivity contribution is 5.73. The fourth-order valence-corrected chi connectivity index (χ4v) is 0. The average molecular weight is 682 g/mol. The zero-order chi connectivity index (χ0) is 36.1. The summed E-state index contributed by atoms with van der Waals surface area (Å²) in [4.78, 5) is 66.1.